The topological polar surface area (TPSA) is 52.7 Å². The molecule has 2 saturated heterocycles. The van der Waals surface area contributed by atoms with Gasteiger partial charge in [-0.05, 0) is 32.7 Å². The van der Waals surface area contributed by atoms with Gasteiger partial charge in [0, 0.05) is 37.5 Å². The van der Waals surface area contributed by atoms with Crippen LogP contribution in [0, 0.1) is 11.3 Å². The van der Waals surface area contributed by atoms with Crippen molar-refractivity contribution in [1.29, 1.82) is 0 Å². The van der Waals surface area contributed by atoms with E-state index >= 15 is 0 Å². The zero-order chi connectivity index (χ0) is 13.5. The van der Waals surface area contributed by atoms with E-state index in [1.807, 2.05) is 9.80 Å². The van der Waals surface area contributed by atoms with Gasteiger partial charge < -0.3 is 15.1 Å². The van der Waals surface area contributed by atoms with E-state index in [1.54, 1.807) is 7.05 Å². The van der Waals surface area contributed by atoms with E-state index in [4.69, 9.17) is 0 Å². The fourth-order valence-electron chi connectivity index (χ4n) is 3.31. The number of amides is 2. The van der Waals surface area contributed by atoms with Crippen LogP contribution in [0.2, 0.25) is 0 Å². The lowest BCUT2D eigenvalue weighted by atomic mass is 9.72. The summed E-state index contributed by atoms with van der Waals surface area (Å²) in [4.78, 5) is 27.7. The van der Waals surface area contributed by atoms with Gasteiger partial charge in [0.15, 0.2) is 0 Å². The molecule has 1 spiro atoms. The maximum Gasteiger partial charge on any atom is 0.236 e. The van der Waals surface area contributed by atoms with Crippen molar-refractivity contribution >= 4 is 11.8 Å². The van der Waals surface area contributed by atoms with Gasteiger partial charge in [0.1, 0.15) is 0 Å². The maximum atomic E-state index is 12.0. The van der Waals surface area contributed by atoms with Crippen LogP contribution >= 0.6 is 0 Å². The second-order valence-electron chi connectivity index (χ2n) is 6.38. The summed E-state index contributed by atoms with van der Waals surface area (Å²) in [6.45, 7) is 3.99. The molecule has 2 aliphatic heterocycles. The third-order valence-electron chi connectivity index (χ3n) is 4.80. The van der Waals surface area contributed by atoms with E-state index < -0.39 is 0 Å². The second kappa shape index (κ2) is 4.78. The minimum absolute atomic E-state index is 0.199. The molecule has 3 aliphatic rings. The summed E-state index contributed by atoms with van der Waals surface area (Å²) in [6, 6.07) is 0. The molecule has 106 valence electrons. The number of likely N-dealkylation sites (N-methyl/N-ethyl adjacent to an activating group) is 1. The molecule has 5 heteroatoms. The maximum absolute atomic E-state index is 12.0. The smallest absolute Gasteiger partial charge is 0.236 e. The van der Waals surface area contributed by atoms with Crippen molar-refractivity contribution in [3.63, 3.8) is 0 Å². The lowest BCUT2D eigenvalue weighted by molar-refractivity contribution is -0.149. The standard InChI is InChI=1S/C14H23N3O2/c1-15-8-12(18)17-9-14(10-17)4-6-16(7-5-14)13(19)11-2-3-11/h11,15H,2-10H2,1H3. The van der Waals surface area contributed by atoms with Crippen LogP contribution in [-0.4, -0.2) is 61.4 Å². The first kappa shape index (κ1) is 12.9. The van der Waals surface area contributed by atoms with Crippen LogP contribution in [0.5, 0.6) is 0 Å². The van der Waals surface area contributed by atoms with Gasteiger partial charge in [-0.15, -0.1) is 0 Å². The van der Waals surface area contributed by atoms with E-state index in [-0.39, 0.29) is 5.91 Å². The van der Waals surface area contributed by atoms with E-state index in [2.05, 4.69) is 5.32 Å². The summed E-state index contributed by atoms with van der Waals surface area (Å²) in [5, 5.41) is 2.91. The van der Waals surface area contributed by atoms with Gasteiger partial charge in [0.2, 0.25) is 11.8 Å². The molecule has 0 unspecified atom stereocenters. The Kier molecular flexibility index (Phi) is 3.25. The average Bonchev–Trinajstić information content (AvgIpc) is 3.20. The molecule has 3 fully saturated rings. The molecule has 0 radical (unpaired) electrons. The molecule has 0 aromatic carbocycles. The second-order valence-corrected chi connectivity index (χ2v) is 6.38. The Hall–Kier alpha value is -1.10. The number of carbonyl (C=O) groups excluding carboxylic acids is 2. The molecule has 5 nitrogen and oxygen atoms in total. The number of rotatable bonds is 3. The third kappa shape index (κ3) is 2.48. The van der Waals surface area contributed by atoms with E-state index in [0.717, 1.165) is 51.9 Å². The van der Waals surface area contributed by atoms with Crippen molar-refractivity contribution in [3.8, 4) is 0 Å². The molecule has 0 bridgehead atoms. The fraction of sp³-hybridized carbons (Fsp3) is 0.857. The Morgan fingerprint density at radius 2 is 1.79 bits per heavy atom. The molecular formula is C14H23N3O2. The van der Waals surface area contributed by atoms with Gasteiger partial charge in [0.05, 0.1) is 6.54 Å². The molecule has 19 heavy (non-hydrogen) atoms. The SMILES string of the molecule is CNCC(=O)N1CC2(CCN(C(=O)C3CC3)CC2)C1. The number of likely N-dealkylation sites (tertiary alicyclic amines) is 2. The minimum Gasteiger partial charge on any atom is -0.342 e. The molecule has 3 rings (SSSR count). The number of hydrogen-bond donors (Lipinski definition) is 1. The zero-order valence-corrected chi connectivity index (χ0v) is 11.7. The highest BCUT2D eigenvalue weighted by Crippen LogP contribution is 2.41. The molecule has 1 N–H and O–H groups in total. The Morgan fingerprint density at radius 1 is 1.16 bits per heavy atom. The van der Waals surface area contributed by atoms with Gasteiger partial charge >= 0.3 is 0 Å². The van der Waals surface area contributed by atoms with E-state index in [1.165, 1.54) is 0 Å². The molecular weight excluding hydrogens is 242 g/mol. The normalized spacial score (nSPS) is 25.3. The largest absolute Gasteiger partial charge is 0.342 e. The number of nitrogens with one attached hydrogen (secondary N) is 1. The fourth-order valence-corrected chi connectivity index (χ4v) is 3.31. The highest BCUT2D eigenvalue weighted by atomic mass is 16.2. The van der Waals surface area contributed by atoms with Crippen molar-refractivity contribution in [2.75, 3.05) is 39.8 Å². The quantitative estimate of drug-likeness (QED) is 0.785. The summed E-state index contributed by atoms with van der Waals surface area (Å²) < 4.78 is 0. The Morgan fingerprint density at radius 3 is 2.32 bits per heavy atom. The highest BCUT2D eigenvalue weighted by Gasteiger charge is 2.47. The summed E-state index contributed by atoms with van der Waals surface area (Å²) in [7, 11) is 1.80. The van der Waals surface area contributed by atoms with Crippen molar-refractivity contribution < 1.29 is 9.59 Å². The predicted molar refractivity (Wildman–Crippen MR) is 71.5 cm³/mol. The summed E-state index contributed by atoms with van der Waals surface area (Å²) in [5.41, 5.74) is 0.309. The minimum atomic E-state index is 0.199. The summed E-state index contributed by atoms with van der Waals surface area (Å²) >= 11 is 0. The first-order valence-corrected chi connectivity index (χ1v) is 7.35. The zero-order valence-electron chi connectivity index (χ0n) is 11.7. The molecule has 1 aliphatic carbocycles. The van der Waals surface area contributed by atoms with Gasteiger partial charge in [-0.2, -0.15) is 0 Å². The molecule has 2 heterocycles. The van der Waals surface area contributed by atoms with Crippen LogP contribution in [0.4, 0.5) is 0 Å². The number of nitrogens with zero attached hydrogens (tertiary/aromatic N) is 2. The first-order chi connectivity index (χ1) is 9.13. The van der Waals surface area contributed by atoms with Gasteiger partial charge in [0.25, 0.3) is 0 Å². The summed E-state index contributed by atoms with van der Waals surface area (Å²) in [5.74, 6) is 0.908. The Labute approximate surface area is 114 Å². The monoisotopic (exact) mass is 265 g/mol. The Balaban J connectivity index is 1.46. The van der Waals surface area contributed by atoms with Gasteiger partial charge in [-0.25, -0.2) is 0 Å². The molecule has 0 aromatic rings. The average molecular weight is 265 g/mol. The van der Waals surface area contributed by atoms with Crippen LogP contribution in [0.15, 0.2) is 0 Å². The van der Waals surface area contributed by atoms with Crippen molar-refractivity contribution in [2.45, 2.75) is 25.7 Å². The molecule has 2 amide bonds. The molecule has 0 aromatic heterocycles. The first-order valence-electron chi connectivity index (χ1n) is 7.35. The van der Waals surface area contributed by atoms with Crippen molar-refractivity contribution in [1.82, 2.24) is 15.1 Å². The van der Waals surface area contributed by atoms with Crippen LogP contribution in [-0.2, 0) is 9.59 Å². The molecule has 0 atom stereocenters. The van der Waals surface area contributed by atoms with Crippen LogP contribution in [0.3, 0.4) is 0 Å². The van der Waals surface area contributed by atoms with Crippen molar-refractivity contribution in [3.05, 3.63) is 0 Å². The highest BCUT2D eigenvalue weighted by molar-refractivity contribution is 5.81. The third-order valence-corrected chi connectivity index (χ3v) is 4.80. The number of hydrogen-bond acceptors (Lipinski definition) is 3. The van der Waals surface area contributed by atoms with E-state index in [0.29, 0.717) is 23.8 Å². The van der Waals surface area contributed by atoms with Crippen LogP contribution in [0.25, 0.3) is 0 Å². The Bertz CT molecular complexity index is 376. The van der Waals surface area contributed by atoms with Gasteiger partial charge in [-0.3, -0.25) is 9.59 Å². The predicted octanol–water partition coefficient (Wildman–Crippen LogP) is 0.0668. The number of piperidine rings is 1. The summed E-state index contributed by atoms with van der Waals surface area (Å²) in [6.07, 6.45) is 4.31. The number of carbonyl (C=O) groups is 2. The molecule has 1 saturated carbocycles. The van der Waals surface area contributed by atoms with E-state index in [9.17, 15) is 9.59 Å². The lowest BCUT2D eigenvalue weighted by Gasteiger charge is -2.54. The van der Waals surface area contributed by atoms with Gasteiger partial charge in [-0.1, -0.05) is 0 Å². The van der Waals surface area contributed by atoms with Crippen LogP contribution < -0.4 is 5.32 Å². The van der Waals surface area contributed by atoms with Crippen LogP contribution in [0.1, 0.15) is 25.7 Å². The van der Waals surface area contributed by atoms with Crippen molar-refractivity contribution in [2.24, 2.45) is 11.3 Å². The lowest BCUT2D eigenvalue weighted by Crippen LogP contribution is -2.63.